The minimum atomic E-state index is 0.255. The number of hydrogen-bond acceptors (Lipinski definition) is 1. The first-order valence-corrected chi connectivity index (χ1v) is 6.54. The molecule has 0 aliphatic heterocycles. The minimum Gasteiger partial charge on any atom is -0.356 e. The van der Waals surface area contributed by atoms with Crippen LogP contribution in [0.4, 0.5) is 11.4 Å². The predicted octanol–water partition coefficient (Wildman–Crippen LogP) is 5.12. The van der Waals surface area contributed by atoms with Crippen molar-refractivity contribution in [3.8, 4) is 0 Å². The van der Waals surface area contributed by atoms with Crippen LogP contribution in [0.1, 0.15) is 32.8 Å². The standard InChI is InChI=1S/C17H21N/c1-4-17(2,3)14-10-12-16(13-11-14)18-15-8-6-5-7-9-15/h5-13,18H,4H2,1-3H3. The Morgan fingerprint density at radius 3 is 1.94 bits per heavy atom. The Morgan fingerprint density at radius 1 is 0.833 bits per heavy atom. The predicted molar refractivity (Wildman–Crippen MR) is 79.5 cm³/mol. The molecule has 0 radical (unpaired) electrons. The smallest absolute Gasteiger partial charge is 0.0384 e. The van der Waals surface area contributed by atoms with Gasteiger partial charge in [-0.25, -0.2) is 0 Å². The molecule has 0 spiro atoms. The highest BCUT2D eigenvalue weighted by molar-refractivity contribution is 5.59. The molecule has 0 bridgehead atoms. The summed E-state index contributed by atoms with van der Waals surface area (Å²) in [5.41, 5.74) is 3.91. The lowest BCUT2D eigenvalue weighted by atomic mass is 9.82. The first-order valence-electron chi connectivity index (χ1n) is 6.54. The molecule has 1 N–H and O–H groups in total. The lowest BCUT2D eigenvalue weighted by Gasteiger charge is -2.23. The first kappa shape index (κ1) is 12.7. The lowest BCUT2D eigenvalue weighted by Crippen LogP contribution is -2.15. The van der Waals surface area contributed by atoms with Gasteiger partial charge in [0.2, 0.25) is 0 Å². The third-order valence-electron chi connectivity index (χ3n) is 3.61. The van der Waals surface area contributed by atoms with E-state index in [1.165, 1.54) is 5.56 Å². The van der Waals surface area contributed by atoms with Crippen LogP contribution >= 0.6 is 0 Å². The van der Waals surface area contributed by atoms with Crippen molar-refractivity contribution in [2.24, 2.45) is 0 Å². The molecule has 0 aromatic heterocycles. The van der Waals surface area contributed by atoms with Gasteiger partial charge in [-0.1, -0.05) is 51.1 Å². The van der Waals surface area contributed by atoms with Crippen LogP contribution in [-0.4, -0.2) is 0 Å². The number of para-hydroxylation sites is 1. The largest absolute Gasteiger partial charge is 0.356 e. The van der Waals surface area contributed by atoms with Crippen LogP contribution in [0.2, 0.25) is 0 Å². The van der Waals surface area contributed by atoms with Crippen molar-refractivity contribution < 1.29 is 0 Å². The molecular formula is C17H21N. The van der Waals surface area contributed by atoms with Gasteiger partial charge in [-0.2, -0.15) is 0 Å². The van der Waals surface area contributed by atoms with Crippen LogP contribution in [-0.2, 0) is 5.41 Å². The highest BCUT2D eigenvalue weighted by Gasteiger charge is 2.17. The van der Waals surface area contributed by atoms with Crippen LogP contribution < -0.4 is 5.32 Å². The molecule has 0 aliphatic carbocycles. The number of anilines is 2. The van der Waals surface area contributed by atoms with E-state index >= 15 is 0 Å². The Bertz CT molecular complexity index is 483. The summed E-state index contributed by atoms with van der Waals surface area (Å²) in [5.74, 6) is 0. The second kappa shape index (κ2) is 5.26. The quantitative estimate of drug-likeness (QED) is 0.781. The Kier molecular flexibility index (Phi) is 3.71. The number of nitrogens with one attached hydrogen (secondary N) is 1. The Hall–Kier alpha value is -1.76. The summed E-state index contributed by atoms with van der Waals surface area (Å²) in [4.78, 5) is 0. The van der Waals surface area contributed by atoms with Crippen molar-refractivity contribution in [1.82, 2.24) is 0 Å². The van der Waals surface area contributed by atoms with Crippen LogP contribution in [0.5, 0.6) is 0 Å². The highest BCUT2D eigenvalue weighted by atomic mass is 14.9. The second-order valence-electron chi connectivity index (χ2n) is 5.31. The molecule has 2 aromatic rings. The van der Waals surface area contributed by atoms with E-state index in [2.05, 4.69) is 62.5 Å². The molecular weight excluding hydrogens is 218 g/mol. The molecule has 0 heterocycles. The fourth-order valence-corrected chi connectivity index (χ4v) is 1.90. The summed E-state index contributed by atoms with van der Waals surface area (Å²) in [7, 11) is 0. The van der Waals surface area contributed by atoms with Crippen LogP contribution in [0, 0.1) is 0 Å². The van der Waals surface area contributed by atoms with Crippen molar-refractivity contribution in [2.75, 3.05) is 5.32 Å². The highest BCUT2D eigenvalue weighted by Crippen LogP contribution is 2.28. The molecule has 0 saturated carbocycles. The van der Waals surface area contributed by atoms with Gasteiger partial charge in [-0.05, 0) is 41.7 Å². The van der Waals surface area contributed by atoms with Gasteiger partial charge in [0.15, 0.2) is 0 Å². The van der Waals surface area contributed by atoms with Gasteiger partial charge in [-0.3, -0.25) is 0 Å². The van der Waals surface area contributed by atoms with E-state index in [-0.39, 0.29) is 5.41 Å². The van der Waals surface area contributed by atoms with Crippen LogP contribution in [0.15, 0.2) is 54.6 Å². The maximum absolute atomic E-state index is 3.40. The van der Waals surface area contributed by atoms with Crippen molar-refractivity contribution in [1.29, 1.82) is 0 Å². The third-order valence-corrected chi connectivity index (χ3v) is 3.61. The lowest BCUT2D eigenvalue weighted by molar-refractivity contribution is 0.506. The molecule has 1 heteroatoms. The van der Waals surface area contributed by atoms with E-state index < -0.39 is 0 Å². The van der Waals surface area contributed by atoms with Gasteiger partial charge in [0, 0.05) is 11.4 Å². The molecule has 94 valence electrons. The minimum absolute atomic E-state index is 0.255. The maximum atomic E-state index is 3.40. The van der Waals surface area contributed by atoms with Gasteiger partial charge in [0.1, 0.15) is 0 Å². The van der Waals surface area contributed by atoms with Gasteiger partial charge in [0.25, 0.3) is 0 Å². The molecule has 0 unspecified atom stereocenters. The number of rotatable bonds is 4. The normalized spacial score (nSPS) is 11.3. The van der Waals surface area contributed by atoms with Gasteiger partial charge < -0.3 is 5.32 Å². The maximum Gasteiger partial charge on any atom is 0.0384 e. The average Bonchev–Trinajstić information content (AvgIpc) is 2.40. The van der Waals surface area contributed by atoms with Gasteiger partial charge in [-0.15, -0.1) is 0 Å². The van der Waals surface area contributed by atoms with Crippen molar-refractivity contribution in [2.45, 2.75) is 32.6 Å². The molecule has 0 saturated heterocycles. The monoisotopic (exact) mass is 239 g/mol. The average molecular weight is 239 g/mol. The Labute approximate surface area is 110 Å². The summed E-state index contributed by atoms with van der Waals surface area (Å²) in [6.07, 6.45) is 1.15. The molecule has 0 atom stereocenters. The van der Waals surface area contributed by atoms with Gasteiger partial charge >= 0.3 is 0 Å². The number of benzene rings is 2. The Morgan fingerprint density at radius 2 is 1.39 bits per heavy atom. The summed E-state index contributed by atoms with van der Waals surface area (Å²) < 4.78 is 0. The Balaban J connectivity index is 2.14. The molecule has 18 heavy (non-hydrogen) atoms. The zero-order chi connectivity index (χ0) is 13.0. The van der Waals surface area contributed by atoms with Crippen LogP contribution in [0.3, 0.4) is 0 Å². The van der Waals surface area contributed by atoms with E-state index in [9.17, 15) is 0 Å². The fraction of sp³-hybridized carbons (Fsp3) is 0.294. The van der Waals surface area contributed by atoms with E-state index in [0.29, 0.717) is 0 Å². The van der Waals surface area contributed by atoms with Crippen molar-refractivity contribution in [3.05, 3.63) is 60.2 Å². The molecule has 0 aliphatic rings. The van der Waals surface area contributed by atoms with E-state index in [1.54, 1.807) is 0 Å². The third kappa shape index (κ3) is 2.92. The topological polar surface area (TPSA) is 12.0 Å². The van der Waals surface area contributed by atoms with Crippen molar-refractivity contribution >= 4 is 11.4 Å². The van der Waals surface area contributed by atoms with Gasteiger partial charge in [0.05, 0.1) is 0 Å². The summed E-state index contributed by atoms with van der Waals surface area (Å²) >= 11 is 0. The van der Waals surface area contributed by atoms with Crippen molar-refractivity contribution in [3.63, 3.8) is 0 Å². The second-order valence-corrected chi connectivity index (χ2v) is 5.31. The zero-order valence-corrected chi connectivity index (χ0v) is 11.4. The molecule has 2 aromatic carbocycles. The first-order chi connectivity index (χ1) is 8.62. The molecule has 0 fully saturated rings. The fourth-order valence-electron chi connectivity index (χ4n) is 1.90. The SMILES string of the molecule is CCC(C)(C)c1ccc(Nc2ccccc2)cc1. The molecule has 1 nitrogen and oxygen atoms in total. The zero-order valence-electron chi connectivity index (χ0n) is 11.4. The summed E-state index contributed by atoms with van der Waals surface area (Å²) in [5, 5.41) is 3.40. The summed E-state index contributed by atoms with van der Waals surface area (Å²) in [6.45, 7) is 6.80. The number of hydrogen-bond donors (Lipinski definition) is 1. The van der Waals surface area contributed by atoms with E-state index in [0.717, 1.165) is 17.8 Å². The van der Waals surface area contributed by atoms with Crippen LogP contribution in [0.25, 0.3) is 0 Å². The molecule has 2 rings (SSSR count). The van der Waals surface area contributed by atoms with E-state index in [4.69, 9.17) is 0 Å². The summed E-state index contributed by atoms with van der Waals surface area (Å²) in [6, 6.07) is 19.0. The van der Waals surface area contributed by atoms with E-state index in [1.807, 2.05) is 18.2 Å². The molecule has 0 amide bonds.